The van der Waals surface area contributed by atoms with Gasteiger partial charge in [0, 0.05) is 37.3 Å². The Bertz CT molecular complexity index is 1270. The van der Waals surface area contributed by atoms with Crippen LogP contribution in [0.5, 0.6) is 0 Å². The van der Waals surface area contributed by atoms with Crippen LogP contribution in [0.25, 0.3) is 0 Å². The van der Waals surface area contributed by atoms with Crippen molar-refractivity contribution in [3.8, 4) is 0 Å². The van der Waals surface area contributed by atoms with E-state index in [0.717, 1.165) is 24.0 Å². The highest BCUT2D eigenvalue weighted by molar-refractivity contribution is 6.08. The van der Waals surface area contributed by atoms with Gasteiger partial charge in [-0.15, -0.1) is 0 Å². The number of hydrogen-bond acceptors (Lipinski definition) is 6. The van der Waals surface area contributed by atoms with Crippen LogP contribution in [0.4, 0.5) is 4.79 Å². The van der Waals surface area contributed by atoms with Gasteiger partial charge in [-0.2, -0.15) is 0 Å². The van der Waals surface area contributed by atoms with Gasteiger partial charge in [0.1, 0.15) is 0 Å². The van der Waals surface area contributed by atoms with Crippen molar-refractivity contribution in [2.45, 2.75) is 103 Å². The number of hydrogen-bond donors (Lipinski definition) is 3. The third kappa shape index (κ3) is 7.59. The third-order valence-electron chi connectivity index (χ3n) is 9.59. The van der Waals surface area contributed by atoms with Crippen LogP contribution in [0.2, 0.25) is 0 Å². The van der Waals surface area contributed by atoms with Crippen LogP contribution in [-0.4, -0.2) is 71.5 Å². The molecule has 8 nitrogen and oxygen atoms in total. The van der Waals surface area contributed by atoms with Crippen LogP contribution < -0.4 is 5.32 Å². The number of urea groups is 1. The molecular weight excluding hydrogens is 544 g/mol. The number of aliphatic hydroxyl groups excluding tert-OH is 1. The number of allylic oxidation sites excluding steroid dienone is 2. The van der Waals surface area contributed by atoms with E-state index in [1.54, 1.807) is 24.1 Å². The van der Waals surface area contributed by atoms with Crippen LogP contribution in [0.1, 0.15) is 106 Å². The summed E-state index contributed by atoms with van der Waals surface area (Å²) in [6.45, 7) is 9.27. The van der Waals surface area contributed by atoms with Crippen molar-refractivity contribution < 1.29 is 29.0 Å². The number of rotatable bonds is 9. The smallest absolute Gasteiger partial charge is 0.317 e. The maximum absolute atomic E-state index is 13.8. The molecule has 8 heteroatoms. The Balaban J connectivity index is 1.79. The maximum atomic E-state index is 13.8. The summed E-state index contributed by atoms with van der Waals surface area (Å²) in [5.74, 6) is -0.0613. The average molecular weight is 595 g/mol. The Hall–Kier alpha value is -2.94. The Kier molecular flexibility index (Phi) is 10.9. The molecule has 1 aromatic carbocycles. The zero-order valence-electron chi connectivity index (χ0n) is 26.5. The summed E-state index contributed by atoms with van der Waals surface area (Å²) in [4.78, 5) is 28.9. The Labute approximate surface area is 256 Å². The molecule has 0 aliphatic heterocycles. The van der Waals surface area contributed by atoms with Crippen LogP contribution in [0, 0.1) is 5.41 Å². The number of fused-ring (bicyclic) bond motifs is 8. The molecule has 0 radical (unpaired) electrons. The third-order valence-corrected chi connectivity index (χ3v) is 9.59. The lowest BCUT2D eigenvalue weighted by Gasteiger charge is -2.46. The second-order valence-electron chi connectivity index (χ2n) is 13.1. The van der Waals surface area contributed by atoms with Crippen molar-refractivity contribution in [1.82, 2.24) is 10.2 Å². The molecule has 4 atom stereocenters. The first-order chi connectivity index (χ1) is 20.5. The number of furan rings is 1. The minimum absolute atomic E-state index is 0.0337. The van der Waals surface area contributed by atoms with Crippen molar-refractivity contribution in [3.05, 3.63) is 70.7 Å². The number of ketones is 1. The van der Waals surface area contributed by atoms with Gasteiger partial charge < -0.3 is 29.6 Å². The van der Waals surface area contributed by atoms with Crippen LogP contribution in [0.3, 0.4) is 0 Å². The minimum atomic E-state index is -1.18. The normalized spacial score (nSPS) is 26.1. The quantitative estimate of drug-likeness (QED) is 0.186. The lowest BCUT2D eigenvalue weighted by Crippen LogP contribution is -2.56. The molecule has 4 unspecified atom stereocenters. The van der Waals surface area contributed by atoms with Gasteiger partial charge in [-0.05, 0) is 107 Å². The summed E-state index contributed by atoms with van der Waals surface area (Å²) in [5, 5.41) is 26.4. The zero-order chi connectivity index (χ0) is 31.2. The summed E-state index contributed by atoms with van der Waals surface area (Å²) in [6.07, 6.45) is 8.36. The summed E-state index contributed by atoms with van der Waals surface area (Å²) < 4.78 is 10.8. The summed E-state index contributed by atoms with van der Waals surface area (Å²) in [7, 11) is 1.65. The lowest BCUT2D eigenvalue weighted by molar-refractivity contribution is -0.0775. The first-order valence-electron chi connectivity index (χ1n) is 15.8. The van der Waals surface area contributed by atoms with Gasteiger partial charge in [0.25, 0.3) is 0 Å². The van der Waals surface area contributed by atoms with Crippen molar-refractivity contribution in [2.24, 2.45) is 5.41 Å². The molecule has 2 amide bonds. The Morgan fingerprint density at radius 3 is 2.70 bits per heavy atom. The maximum Gasteiger partial charge on any atom is 0.317 e. The molecule has 2 aromatic rings. The van der Waals surface area contributed by atoms with Crippen molar-refractivity contribution >= 4 is 11.8 Å². The molecule has 0 saturated heterocycles. The van der Waals surface area contributed by atoms with E-state index in [9.17, 15) is 19.8 Å². The molecule has 3 aliphatic rings. The number of amides is 2. The first kappa shape index (κ1) is 33.0. The molecule has 2 bridgehead atoms. The largest absolute Gasteiger partial charge is 0.461 e. The summed E-state index contributed by atoms with van der Waals surface area (Å²) >= 11 is 0. The molecule has 43 heavy (non-hydrogen) atoms. The molecule has 3 N–H and O–H groups in total. The summed E-state index contributed by atoms with van der Waals surface area (Å²) in [6, 6.07) is 9.09. The van der Waals surface area contributed by atoms with Crippen molar-refractivity contribution in [3.63, 3.8) is 0 Å². The number of methoxy groups -OCH3 is 1. The van der Waals surface area contributed by atoms with Gasteiger partial charge in [-0.3, -0.25) is 4.79 Å². The van der Waals surface area contributed by atoms with Gasteiger partial charge in [0.05, 0.1) is 24.5 Å². The number of carbonyl (C=O) groups excluding carboxylic acids is 2. The molecule has 0 spiro atoms. The highest BCUT2D eigenvalue weighted by Gasteiger charge is 2.57. The average Bonchev–Trinajstić information content (AvgIpc) is 3.58. The minimum Gasteiger partial charge on any atom is -0.461 e. The fraction of sp³-hybridized carbons (Fsp3) is 0.600. The predicted octanol–water partition coefficient (Wildman–Crippen LogP) is 6.01. The highest BCUT2D eigenvalue weighted by Crippen LogP contribution is 2.58. The van der Waals surface area contributed by atoms with E-state index >= 15 is 0 Å². The molecular formula is C35H50N2O6. The van der Waals surface area contributed by atoms with E-state index < -0.39 is 17.1 Å². The van der Waals surface area contributed by atoms with Gasteiger partial charge in [0.2, 0.25) is 5.78 Å². The lowest BCUT2D eigenvalue weighted by atomic mass is 9.64. The van der Waals surface area contributed by atoms with E-state index in [1.807, 2.05) is 32.0 Å². The molecule has 1 aromatic heterocycles. The first-order valence-corrected chi connectivity index (χ1v) is 15.8. The Morgan fingerprint density at radius 1 is 1.21 bits per heavy atom. The second-order valence-corrected chi connectivity index (χ2v) is 13.1. The topological polar surface area (TPSA) is 112 Å². The van der Waals surface area contributed by atoms with E-state index in [-0.39, 0.29) is 36.1 Å². The number of benzene rings is 1. The molecule has 1 heterocycles. The fourth-order valence-electron chi connectivity index (χ4n) is 7.04. The van der Waals surface area contributed by atoms with E-state index in [4.69, 9.17) is 9.15 Å². The number of ether oxygens (including phenoxy) is 1. The summed E-state index contributed by atoms with van der Waals surface area (Å²) in [5.41, 5.74) is 1.74. The van der Waals surface area contributed by atoms with E-state index in [1.165, 1.54) is 11.8 Å². The van der Waals surface area contributed by atoms with Crippen LogP contribution in [0.15, 0.2) is 52.7 Å². The van der Waals surface area contributed by atoms with E-state index in [0.29, 0.717) is 57.2 Å². The van der Waals surface area contributed by atoms with Crippen LogP contribution >= 0.6 is 0 Å². The zero-order valence-corrected chi connectivity index (χ0v) is 26.5. The second kappa shape index (κ2) is 14.2. The van der Waals surface area contributed by atoms with E-state index in [2.05, 4.69) is 25.2 Å². The number of nitrogens with zero attached hydrogens (tertiary/aromatic N) is 1. The van der Waals surface area contributed by atoms with Gasteiger partial charge in [-0.1, -0.05) is 30.7 Å². The van der Waals surface area contributed by atoms with Crippen molar-refractivity contribution in [1.29, 1.82) is 0 Å². The molecule has 1 fully saturated rings. The van der Waals surface area contributed by atoms with Gasteiger partial charge in [-0.25, -0.2) is 4.79 Å². The van der Waals surface area contributed by atoms with Crippen LogP contribution in [-0.2, 0) is 11.2 Å². The molecule has 3 aliphatic carbocycles. The fourth-order valence-corrected chi connectivity index (χ4v) is 7.04. The predicted molar refractivity (Wildman–Crippen MR) is 167 cm³/mol. The molecule has 236 valence electrons. The number of carbonyl (C=O) groups is 2. The highest BCUT2D eigenvalue weighted by atomic mass is 16.5. The van der Waals surface area contributed by atoms with Crippen molar-refractivity contribution in [2.75, 3.05) is 26.8 Å². The molecule has 5 rings (SSSR count). The van der Waals surface area contributed by atoms with Gasteiger partial charge in [0.15, 0.2) is 5.76 Å². The standard InChI is InChI=1S/C35H50N2O6/c1-24(2)36-33(40)37(18-8-19-42-5)23-35(41)17-15-30-28-14-12-26(22-29(28)32(39)31-10-7-20-43-31)21-27(38)13-11-25(3)9-6-16-34(30,35)4/h7,9-10,12,14,20,22,24,27,30,38,41H,6,8,11,13,15-19,21,23H2,1-5H3,(H,36,40). The molecule has 1 saturated carbocycles. The Morgan fingerprint density at radius 2 is 2.00 bits per heavy atom. The monoisotopic (exact) mass is 594 g/mol. The SMILES string of the molecule is COCCCN(CC1(O)CCC2c3ccc(cc3C(=O)c3ccco3)CC(O)CCC(C)=CCCC21C)C(=O)NC(C)C. The number of aliphatic hydroxyl groups is 2. The number of nitrogens with one attached hydrogen (secondary N) is 1. The van der Waals surface area contributed by atoms with Gasteiger partial charge >= 0.3 is 6.03 Å².